The Hall–Kier alpha value is -1.93. The summed E-state index contributed by atoms with van der Waals surface area (Å²) in [5.74, 6) is 0. The lowest BCUT2D eigenvalue weighted by Gasteiger charge is -2.26. The van der Waals surface area contributed by atoms with Crippen LogP contribution < -0.4 is 0 Å². The molecule has 0 bridgehead atoms. The summed E-state index contributed by atoms with van der Waals surface area (Å²) >= 11 is 0. The van der Waals surface area contributed by atoms with E-state index in [2.05, 4.69) is 0 Å². The number of carbonyl (C=O) groups excluding carboxylic acids is 1. The van der Waals surface area contributed by atoms with E-state index in [-0.39, 0.29) is 6.42 Å². The van der Waals surface area contributed by atoms with E-state index in [1.54, 1.807) is 0 Å². The second-order valence-corrected chi connectivity index (χ2v) is 4.92. The van der Waals surface area contributed by atoms with Gasteiger partial charge in [0.2, 0.25) is 0 Å². The van der Waals surface area contributed by atoms with Gasteiger partial charge >= 0.3 is 0 Å². The number of hydrogen-bond donors (Lipinski definition) is 1. The van der Waals surface area contributed by atoms with Crippen LogP contribution in [0, 0.1) is 0 Å². The summed E-state index contributed by atoms with van der Waals surface area (Å²) in [6, 6.07) is 19.6. The lowest BCUT2D eigenvalue weighted by atomic mass is 9.86. The molecule has 0 heterocycles. The van der Waals surface area contributed by atoms with E-state index in [1.807, 2.05) is 60.7 Å². The first-order valence-electron chi connectivity index (χ1n) is 6.46. The highest BCUT2D eigenvalue weighted by Gasteiger charge is 2.27. The van der Waals surface area contributed by atoms with Crippen LogP contribution in [0.5, 0.6) is 0 Å². The Kier molecular flexibility index (Phi) is 4.48. The summed E-state index contributed by atoms with van der Waals surface area (Å²) in [4.78, 5) is 10.8. The third-order valence-electron chi connectivity index (χ3n) is 3.22. The summed E-state index contributed by atoms with van der Waals surface area (Å²) in [5.41, 5.74) is 1.08. The molecule has 1 N–H and O–H groups in total. The predicted molar refractivity (Wildman–Crippen MR) is 75.9 cm³/mol. The van der Waals surface area contributed by atoms with Crippen LogP contribution in [0.2, 0.25) is 0 Å². The fourth-order valence-electron chi connectivity index (χ4n) is 2.31. The van der Waals surface area contributed by atoms with Gasteiger partial charge in [-0.25, -0.2) is 0 Å². The quantitative estimate of drug-likeness (QED) is 0.805. The fraction of sp³-hybridized carbons (Fsp3) is 0.235. The van der Waals surface area contributed by atoms with E-state index < -0.39 is 5.60 Å². The van der Waals surface area contributed by atoms with Crippen molar-refractivity contribution in [1.82, 2.24) is 0 Å². The largest absolute Gasteiger partial charge is 0.389 e. The van der Waals surface area contributed by atoms with E-state index in [4.69, 9.17) is 0 Å². The fourth-order valence-corrected chi connectivity index (χ4v) is 2.31. The monoisotopic (exact) mass is 254 g/mol. The molecule has 0 saturated carbocycles. The minimum atomic E-state index is -1.01. The standard InChI is InChI=1S/C17H18O2/c18-12-11-17(19,13-15-7-3-1-4-8-15)14-16-9-5-2-6-10-16/h1-10,12,19H,11,13-14H2. The van der Waals surface area contributed by atoms with Gasteiger partial charge in [0.25, 0.3) is 0 Å². The highest BCUT2D eigenvalue weighted by molar-refractivity contribution is 5.52. The van der Waals surface area contributed by atoms with Gasteiger partial charge in [0.15, 0.2) is 0 Å². The van der Waals surface area contributed by atoms with Crippen LogP contribution in [0.25, 0.3) is 0 Å². The summed E-state index contributed by atoms with van der Waals surface area (Å²) in [6.45, 7) is 0. The summed E-state index contributed by atoms with van der Waals surface area (Å²) in [7, 11) is 0. The molecule has 0 unspecified atom stereocenters. The number of aliphatic hydroxyl groups is 1. The molecule has 2 rings (SSSR count). The number of benzene rings is 2. The number of carbonyl (C=O) groups is 1. The van der Waals surface area contributed by atoms with Gasteiger partial charge in [0.1, 0.15) is 6.29 Å². The average molecular weight is 254 g/mol. The highest BCUT2D eigenvalue weighted by Crippen LogP contribution is 2.22. The molecule has 2 heteroatoms. The van der Waals surface area contributed by atoms with Gasteiger partial charge in [-0.3, -0.25) is 0 Å². The van der Waals surface area contributed by atoms with Crippen molar-refractivity contribution in [3.05, 3.63) is 71.8 Å². The summed E-state index contributed by atoms with van der Waals surface area (Å²) < 4.78 is 0. The number of hydrogen-bond acceptors (Lipinski definition) is 2. The molecule has 0 spiro atoms. The van der Waals surface area contributed by atoms with Crippen LogP contribution in [0.3, 0.4) is 0 Å². The first kappa shape index (κ1) is 13.5. The van der Waals surface area contributed by atoms with Crippen molar-refractivity contribution in [2.45, 2.75) is 24.9 Å². The molecule has 0 aliphatic heterocycles. The van der Waals surface area contributed by atoms with Crippen molar-refractivity contribution >= 4 is 6.29 Å². The van der Waals surface area contributed by atoms with Gasteiger partial charge < -0.3 is 9.90 Å². The molecule has 2 nitrogen and oxygen atoms in total. The van der Waals surface area contributed by atoms with Crippen LogP contribution in [0.1, 0.15) is 17.5 Å². The number of rotatable bonds is 6. The maximum atomic E-state index is 10.8. The maximum absolute atomic E-state index is 10.8. The lowest BCUT2D eigenvalue weighted by Crippen LogP contribution is -2.34. The first-order valence-corrected chi connectivity index (χ1v) is 6.46. The minimum absolute atomic E-state index is 0.150. The van der Waals surface area contributed by atoms with Gasteiger partial charge in [-0.2, -0.15) is 0 Å². The molecular weight excluding hydrogens is 236 g/mol. The van der Waals surface area contributed by atoms with Gasteiger partial charge in [-0.1, -0.05) is 60.7 Å². The maximum Gasteiger partial charge on any atom is 0.122 e. The van der Waals surface area contributed by atoms with Gasteiger partial charge in [-0.15, -0.1) is 0 Å². The van der Waals surface area contributed by atoms with Crippen molar-refractivity contribution in [3.8, 4) is 0 Å². The zero-order valence-electron chi connectivity index (χ0n) is 10.8. The van der Waals surface area contributed by atoms with Gasteiger partial charge in [0.05, 0.1) is 5.60 Å². The zero-order valence-corrected chi connectivity index (χ0v) is 10.8. The normalized spacial score (nSPS) is 11.2. The first-order chi connectivity index (χ1) is 9.22. The molecule has 0 radical (unpaired) electrons. The smallest absolute Gasteiger partial charge is 0.122 e. The topological polar surface area (TPSA) is 37.3 Å². The Morgan fingerprint density at radius 2 is 1.26 bits per heavy atom. The zero-order chi connectivity index (χ0) is 13.6. The van der Waals surface area contributed by atoms with E-state index in [1.165, 1.54) is 0 Å². The molecule has 0 aliphatic carbocycles. The molecule has 19 heavy (non-hydrogen) atoms. The van der Waals surface area contributed by atoms with E-state index >= 15 is 0 Å². The predicted octanol–water partition coefficient (Wildman–Crippen LogP) is 2.79. The average Bonchev–Trinajstić information content (AvgIpc) is 2.41. The lowest BCUT2D eigenvalue weighted by molar-refractivity contribution is -0.112. The van der Waals surface area contributed by atoms with Gasteiger partial charge in [-0.05, 0) is 11.1 Å². The second-order valence-electron chi connectivity index (χ2n) is 4.92. The van der Waals surface area contributed by atoms with E-state index in [9.17, 15) is 9.90 Å². The van der Waals surface area contributed by atoms with Crippen molar-refractivity contribution < 1.29 is 9.90 Å². The van der Waals surface area contributed by atoms with Crippen LogP contribution in [0.15, 0.2) is 60.7 Å². The Balaban J connectivity index is 2.15. The molecule has 0 aliphatic rings. The second kappa shape index (κ2) is 6.30. The van der Waals surface area contributed by atoms with E-state index in [0.717, 1.165) is 17.4 Å². The molecule has 0 atom stereocenters. The molecule has 0 aromatic heterocycles. The van der Waals surface area contributed by atoms with Crippen LogP contribution in [-0.4, -0.2) is 17.0 Å². The van der Waals surface area contributed by atoms with Crippen molar-refractivity contribution in [1.29, 1.82) is 0 Å². The Labute approximate surface area is 113 Å². The third-order valence-corrected chi connectivity index (χ3v) is 3.22. The van der Waals surface area contributed by atoms with Crippen LogP contribution >= 0.6 is 0 Å². The summed E-state index contributed by atoms with van der Waals surface area (Å²) in [6.07, 6.45) is 1.92. The Morgan fingerprint density at radius 3 is 1.63 bits per heavy atom. The molecule has 98 valence electrons. The van der Waals surface area contributed by atoms with Crippen molar-refractivity contribution in [2.24, 2.45) is 0 Å². The minimum Gasteiger partial charge on any atom is -0.389 e. The SMILES string of the molecule is O=CCC(O)(Cc1ccccc1)Cc1ccccc1. The molecular formula is C17H18O2. The summed E-state index contributed by atoms with van der Waals surface area (Å²) in [5, 5.41) is 10.7. The molecule has 0 saturated heterocycles. The van der Waals surface area contributed by atoms with Crippen molar-refractivity contribution in [2.75, 3.05) is 0 Å². The van der Waals surface area contributed by atoms with Gasteiger partial charge in [0, 0.05) is 19.3 Å². The third kappa shape index (κ3) is 4.04. The molecule has 0 amide bonds. The molecule has 2 aromatic rings. The van der Waals surface area contributed by atoms with Crippen LogP contribution in [0.4, 0.5) is 0 Å². The van der Waals surface area contributed by atoms with E-state index in [0.29, 0.717) is 12.8 Å². The number of aldehydes is 1. The Bertz CT molecular complexity index is 464. The highest BCUT2D eigenvalue weighted by atomic mass is 16.3. The van der Waals surface area contributed by atoms with Crippen molar-refractivity contribution in [3.63, 3.8) is 0 Å². The Morgan fingerprint density at radius 1 is 0.842 bits per heavy atom. The molecule has 0 fully saturated rings. The van der Waals surface area contributed by atoms with Crippen LogP contribution in [-0.2, 0) is 17.6 Å². The molecule has 2 aromatic carbocycles.